The van der Waals surface area contributed by atoms with E-state index in [1.165, 1.54) is 10.4 Å². The number of hydrogen-bond donors (Lipinski definition) is 1. The summed E-state index contributed by atoms with van der Waals surface area (Å²) in [5.41, 5.74) is 3.30. The highest BCUT2D eigenvalue weighted by Gasteiger charge is 2.35. The molecule has 0 bridgehead atoms. The molecule has 2 unspecified atom stereocenters. The van der Waals surface area contributed by atoms with Crippen LogP contribution >= 0.6 is 11.3 Å². The molecule has 2 atom stereocenters. The first kappa shape index (κ1) is 13.7. The zero-order valence-electron chi connectivity index (χ0n) is 12.0. The molecule has 1 aliphatic rings. The number of hydrogen-bond acceptors (Lipinski definition) is 4. The predicted octanol–water partition coefficient (Wildman–Crippen LogP) is 2.85. The third-order valence-corrected chi connectivity index (χ3v) is 4.95. The van der Waals surface area contributed by atoms with Crippen molar-refractivity contribution >= 4 is 11.3 Å². The molecule has 1 fully saturated rings. The molecule has 1 aromatic heterocycles. The minimum Gasteiger partial charge on any atom is -0.305 e. The zero-order chi connectivity index (χ0) is 14.0. The van der Waals surface area contributed by atoms with Crippen LogP contribution in [0, 0.1) is 0 Å². The quantitative estimate of drug-likeness (QED) is 0.941. The highest BCUT2D eigenvalue weighted by atomic mass is 32.1. The molecule has 4 heteroatoms. The number of aromatic nitrogens is 1. The van der Waals surface area contributed by atoms with Crippen LogP contribution in [0.4, 0.5) is 0 Å². The molecule has 1 aromatic carbocycles. The van der Waals surface area contributed by atoms with Gasteiger partial charge >= 0.3 is 0 Å². The molecule has 0 amide bonds. The zero-order valence-corrected chi connectivity index (χ0v) is 12.9. The summed E-state index contributed by atoms with van der Waals surface area (Å²) in [6.45, 7) is 7.63. The lowest BCUT2D eigenvalue weighted by Crippen LogP contribution is -2.59. The minimum atomic E-state index is 0.0262. The Morgan fingerprint density at radius 3 is 2.90 bits per heavy atom. The molecule has 1 N–H and O–H groups in total. The van der Waals surface area contributed by atoms with Gasteiger partial charge in [-0.1, -0.05) is 30.3 Å². The van der Waals surface area contributed by atoms with Gasteiger partial charge in [0.2, 0.25) is 0 Å². The van der Waals surface area contributed by atoms with Crippen molar-refractivity contribution in [3.8, 4) is 0 Å². The fourth-order valence-electron chi connectivity index (χ4n) is 2.85. The monoisotopic (exact) mass is 287 g/mol. The highest BCUT2D eigenvalue weighted by molar-refractivity contribution is 7.09. The average molecular weight is 287 g/mol. The van der Waals surface area contributed by atoms with E-state index in [1.54, 1.807) is 11.3 Å². The van der Waals surface area contributed by atoms with Crippen molar-refractivity contribution in [1.82, 2.24) is 15.2 Å². The van der Waals surface area contributed by atoms with E-state index in [4.69, 9.17) is 0 Å². The summed E-state index contributed by atoms with van der Waals surface area (Å²) in [4.78, 5) is 8.08. The van der Waals surface area contributed by atoms with Crippen LogP contribution in [0.15, 0.2) is 42.0 Å². The maximum absolute atomic E-state index is 4.18. The van der Waals surface area contributed by atoms with E-state index in [2.05, 4.69) is 59.4 Å². The van der Waals surface area contributed by atoms with Crippen LogP contribution in [0.25, 0.3) is 0 Å². The maximum atomic E-state index is 4.18. The lowest BCUT2D eigenvalue weighted by molar-refractivity contribution is 0.0887. The van der Waals surface area contributed by atoms with Gasteiger partial charge in [-0.15, -0.1) is 11.3 Å². The molecular formula is C16H21N3S. The normalized spacial score (nSPS) is 27.6. The van der Waals surface area contributed by atoms with Gasteiger partial charge in [-0.3, -0.25) is 9.88 Å². The number of benzene rings is 1. The molecular weight excluding hydrogens is 266 g/mol. The Morgan fingerprint density at radius 1 is 1.40 bits per heavy atom. The van der Waals surface area contributed by atoms with Gasteiger partial charge in [0, 0.05) is 36.8 Å². The predicted molar refractivity (Wildman–Crippen MR) is 83.8 cm³/mol. The van der Waals surface area contributed by atoms with E-state index < -0.39 is 0 Å². The molecule has 3 nitrogen and oxygen atoms in total. The van der Waals surface area contributed by atoms with Gasteiger partial charge in [0.05, 0.1) is 11.0 Å². The van der Waals surface area contributed by atoms with Crippen molar-refractivity contribution in [2.45, 2.75) is 32.0 Å². The van der Waals surface area contributed by atoms with E-state index in [9.17, 15) is 0 Å². The van der Waals surface area contributed by atoms with Crippen LogP contribution in [0.5, 0.6) is 0 Å². The van der Waals surface area contributed by atoms with Gasteiger partial charge in [-0.25, -0.2) is 0 Å². The Hall–Kier alpha value is -1.23. The first-order valence-electron chi connectivity index (χ1n) is 7.09. The molecule has 0 radical (unpaired) electrons. The third-order valence-electron chi connectivity index (χ3n) is 4.18. The molecule has 20 heavy (non-hydrogen) atoms. The number of rotatable bonds is 3. The summed E-state index contributed by atoms with van der Waals surface area (Å²) in [6.07, 6.45) is 1.99. The van der Waals surface area contributed by atoms with Gasteiger partial charge < -0.3 is 5.32 Å². The van der Waals surface area contributed by atoms with E-state index in [0.29, 0.717) is 6.04 Å². The molecule has 0 aliphatic carbocycles. The van der Waals surface area contributed by atoms with Crippen molar-refractivity contribution < 1.29 is 0 Å². The second-order valence-corrected chi connectivity index (χ2v) is 6.77. The highest BCUT2D eigenvalue weighted by Crippen LogP contribution is 2.27. The molecule has 0 saturated carbocycles. The molecule has 2 aromatic rings. The van der Waals surface area contributed by atoms with Gasteiger partial charge in [0.1, 0.15) is 0 Å². The molecule has 3 rings (SSSR count). The average Bonchev–Trinajstić information content (AvgIpc) is 2.97. The van der Waals surface area contributed by atoms with Crippen LogP contribution in [0.3, 0.4) is 0 Å². The molecule has 2 heterocycles. The summed E-state index contributed by atoms with van der Waals surface area (Å²) >= 11 is 1.74. The Labute approximate surface area is 124 Å². The second kappa shape index (κ2) is 5.64. The van der Waals surface area contributed by atoms with Crippen molar-refractivity contribution in [1.29, 1.82) is 0 Å². The Morgan fingerprint density at radius 2 is 2.20 bits per heavy atom. The van der Waals surface area contributed by atoms with Gasteiger partial charge in [0.15, 0.2) is 0 Å². The smallest absolute Gasteiger partial charge is 0.0794 e. The summed E-state index contributed by atoms with van der Waals surface area (Å²) in [7, 11) is 0. The third kappa shape index (κ3) is 2.77. The van der Waals surface area contributed by atoms with Crippen molar-refractivity contribution in [2.24, 2.45) is 0 Å². The summed E-state index contributed by atoms with van der Waals surface area (Å²) in [6, 6.07) is 11.3. The molecule has 1 saturated heterocycles. The van der Waals surface area contributed by atoms with Crippen LogP contribution < -0.4 is 5.32 Å². The summed E-state index contributed by atoms with van der Waals surface area (Å²) < 4.78 is 0. The number of thiazole rings is 1. The van der Waals surface area contributed by atoms with E-state index >= 15 is 0 Å². The van der Waals surface area contributed by atoms with E-state index in [0.717, 1.165) is 19.6 Å². The van der Waals surface area contributed by atoms with Crippen LogP contribution in [-0.4, -0.2) is 29.0 Å². The fourth-order valence-corrected chi connectivity index (χ4v) is 3.47. The standard InChI is InChI=1S/C16H21N3S/c1-13-8-18-16(2,14-6-4-3-5-7-14)11-19(13)10-15-9-17-12-20-15/h3-7,9,12-13,18H,8,10-11H2,1-2H3. The second-order valence-electron chi connectivity index (χ2n) is 5.80. The van der Waals surface area contributed by atoms with Gasteiger partial charge in [-0.2, -0.15) is 0 Å². The maximum Gasteiger partial charge on any atom is 0.0794 e. The largest absolute Gasteiger partial charge is 0.305 e. The Balaban J connectivity index is 1.78. The molecule has 0 spiro atoms. The van der Waals surface area contributed by atoms with Crippen molar-refractivity contribution in [3.63, 3.8) is 0 Å². The first-order valence-corrected chi connectivity index (χ1v) is 7.97. The Bertz CT molecular complexity index is 540. The minimum absolute atomic E-state index is 0.0262. The van der Waals surface area contributed by atoms with E-state index in [-0.39, 0.29) is 5.54 Å². The number of piperazine rings is 1. The van der Waals surface area contributed by atoms with E-state index in [1.807, 2.05) is 11.7 Å². The summed E-state index contributed by atoms with van der Waals surface area (Å²) in [5.74, 6) is 0. The van der Waals surface area contributed by atoms with Gasteiger partial charge in [0.25, 0.3) is 0 Å². The summed E-state index contributed by atoms with van der Waals surface area (Å²) in [5, 5.41) is 3.72. The van der Waals surface area contributed by atoms with Crippen LogP contribution in [0.2, 0.25) is 0 Å². The number of nitrogens with zero attached hydrogens (tertiary/aromatic N) is 2. The van der Waals surface area contributed by atoms with Gasteiger partial charge in [-0.05, 0) is 19.4 Å². The Kier molecular flexibility index (Phi) is 3.87. The topological polar surface area (TPSA) is 28.2 Å². The molecule has 1 aliphatic heterocycles. The lowest BCUT2D eigenvalue weighted by atomic mass is 9.88. The van der Waals surface area contributed by atoms with Crippen LogP contribution in [0.1, 0.15) is 24.3 Å². The number of nitrogens with one attached hydrogen (secondary N) is 1. The molecule has 106 valence electrons. The SMILES string of the molecule is CC1CNC(C)(c2ccccc2)CN1Cc1cncs1. The lowest BCUT2D eigenvalue weighted by Gasteiger charge is -2.45. The first-order chi connectivity index (χ1) is 9.67. The fraction of sp³-hybridized carbons (Fsp3) is 0.438. The van der Waals surface area contributed by atoms with Crippen molar-refractivity contribution in [2.75, 3.05) is 13.1 Å². The van der Waals surface area contributed by atoms with Crippen molar-refractivity contribution in [3.05, 3.63) is 52.5 Å². The van der Waals surface area contributed by atoms with Crippen LogP contribution in [-0.2, 0) is 12.1 Å².